The lowest BCUT2D eigenvalue weighted by Crippen LogP contribution is -2.86. The maximum absolute atomic E-state index is 11.7. The van der Waals surface area contributed by atoms with Crippen LogP contribution in [0.5, 0.6) is 0 Å². The van der Waals surface area contributed by atoms with Crippen LogP contribution in [0.25, 0.3) is 0 Å². The molecule has 0 aliphatic carbocycles. The summed E-state index contributed by atoms with van der Waals surface area (Å²) in [7, 11) is 0. The number of rotatable bonds is 4. The van der Waals surface area contributed by atoms with E-state index in [-0.39, 0.29) is 15.5 Å². The number of esters is 1. The molecule has 2 atom stereocenters. The first-order chi connectivity index (χ1) is 7.49. The van der Waals surface area contributed by atoms with Crippen LogP contribution in [0, 0.1) is 5.92 Å². The van der Waals surface area contributed by atoms with E-state index < -0.39 is 0 Å². The van der Waals surface area contributed by atoms with E-state index in [1.165, 1.54) is 0 Å². The summed E-state index contributed by atoms with van der Waals surface area (Å²) in [5.41, 5.74) is -0.259. The van der Waals surface area contributed by atoms with E-state index in [1.807, 2.05) is 6.92 Å². The number of piperidine rings is 1. The number of carbonyl (C=O) groups is 1. The Balaban J connectivity index is 2.64. The standard InChI is InChI=1S/C12H22INO2/c1-4-12(3,16-11(15)9(2)13)10-5-7-14-8-6-10/h9-10,14H,4-8H2,1-3H3/p+1. The van der Waals surface area contributed by atoms with Crippen LogP contribution in [0.15, 0.2) is 0 Å². The highest BCUT2D eigenvalue weighted by atomic mass is 127. The van der Waals surface area contributed by atoms with Crippen LogP contribution in [0.3, 0.4) is 0 Å². The highest BCUT2D eigenvalue weighted by Gasteiger charge is 2.38. The Bertz CT molecular complexity index is 239. The first-order valence-electron chi connectivity index (χ1n) is 6.18. The Morgan fingerprint density at radius 1 is 1.56 bits per heavy atom. The Morgan fingerprint density at radius 2 is 2.12 bits per heavy atom. The van der Waals surface area contributed by atoms with E-state index >= 15 is 0 Å². The quantitative estimate of drug-likeness (QED) is 0.479. The van der Waals surface area contributed by atoms with Gasteiger partial charge in [-0.05, 0) is 20.3 Å². The van der Waals surface area contributed by atoms with Crippen molar-refractivity contribution < 1.29 is 14.8 Å². The zero-order chi connectivity index (χ0) is 12.2. The van der Waals surface area contributed by atoms with Crippen LogP contribution < -0.4 is 5.32 Å². The van der Waals surface area contributed by atoms with Crippen LogP contribution in [0.4, 0.5) is 0 Å². The molecule has 2 N–H and O–H groups in total. The molecule has 16 heavy (non-hydrogen) atoms. The van der Waals surface area contributed by atoms with Crippen molar-refractivity contribution in [2.24, 2.45) is 5.92 Å². The summed E-state index contributed by atoms with van der Waals surface area (Å²) < 4.78 is 5.67. The van der Waals surface area contributed by atoms with Crippen molar-refractivity contribution in [2.75, 3.05) is 13.1 Å². The fraction of sp³-hybridized carbons (Fsp3) is 0.917. The smallest absolute Gasteiger partial charge is 0.319 e. The maximum atomic E-state index is 11.7. The zero-order valence-corrected chi connectivity index (χ0v) is 12.6. The van der Waals surface area contributed by atoms with Crippen molar-refractivity contribution in [3.05, 3.63) is 0 Å². The van der Waals surface area contributed by atoms with Gasteiger partial charge in [0.05, 0.1) is 13.1 Å². The lowest BCUT2D eigenvalue weighted by atomic mass is 9.80. The Kier molecular flexibility index (Phi) is 5.50. The van der Waals surface area contributed by atoms with Crippen molar-refractivity contribution >= 4 is 28.6 Å². The van der Waals surface area contributed by atoms with Crippen molar-refractivity contribution in [2.45, 2.75) is 49.6 Å². The van der Waals surface area contributed by atoms with Gasteiger partial charge in [0.1, 0.15) is 9.53 Å². The lowest BCUT2D eigenvalue weighted by Gasteiger charge is -2.38. The van der Waals surface area contributed by atoms with Gasteiger partial charge in [-0.15, -0.1) is 0 Å². The van der Waals surface area contributed by atoms with Crippen LogP contribution >= 0.6 is 22.6 Å². The predicted molar refractivity (Wildman–Crippen MR) is 72.7 cm³/mol. The van der Waals surface area contributed by atoms with Crippen molar-refractivity contribution in [3.8, 4) is 0 Å². The molecule has 4 heteroatoms. The Hall–Kier alpha value is 0.160. The molecular formula is C12H23INO2+. The second kappa shape index (κ2) is 6.19. The second-order valence-electron chi connectivity index (χ2n) is 4.84. The van der Waals surface area contributed by atoms with Gasteiger partial charge in [-0.25, -0.2) is 0 Å². The minimum atomic E-state index is -0.259. The second-order valence-corrected chi connectivity index (χ2v) is 6.71. The number of halogens is 1. The summed E-state index contributed by atoms with van der Waals surface area (Å²) in [6, 6.07) is 0. The third kappa shape index (κ3) is 3.58. The molecule has 0 amide bonds. The van der Waals surface area contributed by atoms with Crippen molar-refractivity contribution in [1.29, 1.82) is 0 Å². The topological polar surface area (TPSA) is 42.9 Å². The van der Waals surface area contributed by atoms with Gasteiger partial charge in [-0.1, -0.05) is 29.5 Å². The zero-order valence-electron chi connectivity index (χ0n) is 10.5. The molecule has 1 aliphatic heterocycles. The van der Waals surface area contributed by atoms with Crippen LogP contribution in [0.1, 0.15) is 40.0 Å². The molecule has 1 aliphatic rings. The maximum Gasteiger partial charge on any atom is 0.319 e. The normalized spacial score (nSPS) is 23.5. The van der Waals surface area contributed by atoms with E-state index in [9.17, 15) is 4.79 Å². The molecule has 94 valence electrons. The molecule has 0 radical (unpaired) electrons. The molecule has 3 nitrogen and oxygen atoms in total. The van der Waals surface area contributed by atoms with Gasteiger partial charge in [0.25, 0.3) is 0 Å². The van der Waals surface area contributed by atoms with Crippen molar-refractivity contribution in [1.82, 2.24) is 0 Å². The molecule has 1 heterocycles. The summed E-state index contributed by atoms with van der Waals surface area (Å²) in [6.45, 7) is 8.42. The fourth-order valence-electron chi connectivity index (χ4n) is 2.29. The minimum absolute atomic E-state index is 0.0568. The number of hydrogen-bond acceptors (Lipinski definition) is 2. The third-order valence-electron chi connectivity index (χ3n) is 3.66. The molecule has 0 bridgehead atoms. The van der Waals surface area contributed by atoms with Gasteiger partial charge in [0, 0.05) is 18.8 Å². The summed E-state index contributed by atoms with van der Waals surface area (Å²) >= 11 is 2.11. The summed E-state index contributed by atoms with van der Waals surface area (Å²) in [4.78, 5) is 11.7. The van der Waals surface area contributed by atoms with Gasteiger partial charge in [-0.3, -0.25) is 4.79 Å². The van der Waals surface area contributed by atoms with Gasteiger partial charge >= 0.3 is 5.97 Å². The Morgan fingerprint density at radius 3 is 2.56 bits per heavy atom. The highest BCUT2D eigenvalue weighted by molar-refractivity contribution is 14.1. The first-order valence-corrected chi connectivity index (χ1v) is 7.42. The SMILES string of the molecule is CCC(C)(OC(=O)C(C)I)C1CC[NH2+]CC1. The van der Waals surface area contributed by atoms with Gasteiger partial charge in [-0.2, -0.15) is 0 Å². The number of ether oxygens (including phenoxy) is 1. The van der Waals surface area contributed by atoms with E-state index in [0.717, 1.165) is 32.4 Å². The van der Waals surface area contributed by atoms with Crippen LogP contribution in [-0.4, -0.2) is 28.6 Å². The molecule has 1 saturated heterocycles. The summed E-state index contributed by atoms with van der Waals surface area (Å²) in [6.07, 6.45) is 3.23. The van der Waals surface area contributed by atoms with E-state index in [1.54, 1.807) is 0 Å². The van der Waals surface area contributed by atoms with Gasteiger partial charge in [0.2, 0.25) is 0 Å². The molecule has 1 fully saturated rings. The fourth-order valence-corrected chi connectivity index (χ4v) is 2.42. The van der Waals surface area contributed by atoms with E-state index in [4.69, 9.17) is 4.74 Å². The van der Waals surface area contributed by atoms with E-state index in [0.29, 0.717) is 5.92 Å². The lowest BCUT2D eigenvalue weighted by molar-refractivity contribution is -0.666. The molecule has 0 aromatic heterocycles. The monoisotopic (exact) mass is 340 g/mol. The molecule has 0 aromatic rings. The number of quaternary nitrogens is 1. The Labute approximate surface area is 112 Å². The number of nitrogens with two attached hydrogens (primary N) is 1. The molecule has 0 aromatic carbocycles. The average molecular weight is 340 g/mol. The molecule has 2 unspecified atom stereocenters. The minimum Gasteiger partial charge on any atom is -0.458 e. The van der Waals surface area contributed by atoms with Gasteiger partial charge in [0.15, 0.2) is 0 Å². The highest BCUT2D eigenvalue weighted by Crippen LogP contribution is 2.32. The van der Waals surface area contributed by atoms with Crippen LogP contribution in [-0.2, 0) is 9.53 Å². The largest absolute Gasteiger partial charge is 0.458 e. The van der Waals surface area contributed by atoms with Crippen LogP contribution in [0.2, 0.25) is 0 Å². The molecular weight excluding hydrogens is 317 g/mol. The summed E-state index contributed by atoms with van der Waals surface area (Å²) in [5.74, 6) is 0.459. The average Bonchev–Trinajstić information content (AvgIpc) is 2.29. The molecule has 0 spiro atoms. The van der Waals surface area contributed by atoms with Gasteiger partial charge < -0.3 is 10.1 Å². The summed E-state index contributed by atoms with van der Waals surface area (Å²) in [5, 5.41) is 2.34. The number of carbonyl (C=O) groups excluding carboxylic acids is 1. The number of hydrogen-bond donors (Lipinski definition) is 1. The molecule has 1 rings (SSSR count). The first kappa shape index (κ1) is 14.2. The van der Waals surface area contributed by atoms with E-state index in [2.05, 4.69) is 41.8 Å². The van der Waals surface area contributed by atoms with Crippen molar-refractivity contribution in [3.63, 3.8) is 0 Å². The predicted octanol–water partition coefficient (Wildman–Crippen LogP) is 1.50. The number of alkyl halides is 1. The molecule has 0 saturated carbocycles. The third-order valence-corrected chi connectivity index (χ3v) is 4.17.